The van der Waals surface area contributed by atoms with Crippen molar-refractivity contribution in [1.29, 1.82) is 0 Å². The maximum Gasteiger partial charge on any atom is 0.435 e. The summed E-state index contributed by atoms with van der Waals surface area (Å²) in [5, 5.41) is 8.64. The summed E-state index contributed by atoms with van der Waals surface area (Å²) in [6.45, 7) is -0.337. The fourth-order valence-corrected chi connectivity index (χ4v) is 2.18. The molecule has 6 nitrogen and oxygen atoms in total. The maximum absolute atomic E-state index is 12.5. The molecule has 1 heterocycles. The normalized spacial score (nSPS) is 14.2. The van der Waals surface area contributed by atoms with Crippen molar-refractivity contribution in [2.75, 3.05) is 10.6 Å². The SMILES string of the molecule is O=C(Cn1ccc(C(F)(F)F)n1)Nc1ccc(NC(=O)C2CC2)cc1. The number of nitrogens with zero attached hydrogens (tertiary/aromatic N) is 2. The van der Waals surface area contributed by atoms with Crippen molar-refractivity contribution in [3.8, 4) is 0 Å². The number of carbonyl (C=O) groups is 2. The number of carbonyl (C=O) groups excluding carboxylic acids is 2. The van der Waals surface area contributed by atoms with Crippen LogP contribution in [0.15, 0.2) is 36.5 Å². The van der Waals surface area contributed by atoms with Crippen LogP contribution in [0.5, 0.6) is 0 Å². The number of aromatic nitrogens is 2. The van der Waals surface area contributed by atoms with E-state index in [9.17, 15) is 22.8 Å². The third kappa shape index (κ3) is 4.59. The molecular weight excluding hydrogens is 337 g/mol. The Bertz CT molecular complexity index is 779. The predicted molar refractivity (Wildman–Crippen MR) is 83.7 cm³/mol. The highest BCUT2D eigenvalue weighted by Crippen LogP contribution is 2.30. The van der Waals surface area contributed by atoms with E-state index in [4.69, 9.17) is 0 Å². The number of nitrogens with one attached hydrogen (secondary N) is 2. The Morgan fingerprint density at radius 2 is 1.68 bits per heavy atom. The molecule has 0 radical (unpaired) electrons. The summed E-state index contributed by atoms with van der Waals surface area (Å²) < 4.78 is 38.3. The van der Waals surface area contributed by atoms with Gasteiger partial charge < -0.3 is 10.6 Å². The largest absolute Gasteiger partial charge is 0.435 e. The van der Waals surface area contributed by atoms with Crippen molar-refractivity contribution in [3.63, 3.8) is 0 Å². The lowest BCUT2D eigenvalue weighted by atomic mass is 10.2. The highest BCUT2D eigenvalue weighted by Gasteiger charge is 2.33. The number of amides is 2. The molecular formula is C16H15F3N4O2. The van der Waals surface area contributed by atoms with Crippen LogP contribution >= 0.6 is 0 Å². The molecule has 2 aromatic rings. The van der Waals surface area contributed by atoms with E-state index in [-0.39, 0.29) is 18.4 Å². The minimum absolute atomic E-state index is 0.0177. The van der Waals surface area contributed by atoms with Crippen LogP contribution in [0.1, 0.15) is 18.5 Å². The Morgan fingerprint density at radius 1 is 1.08 bits per heavy atom. The summed E-state index contributed by atoms with van der Waals surface area (Å²) in [7, 11) is 0. The minimum atomic E-state index is -4.54. The van der Waals surface area contributed by atoms with Gasteiger partial charge >= 0.3 is 6.18 Å². The molecule has 25 heavy (non-hydrogen) atoms. The second-order valence-corrected chi connectivity index (χ2v) is 5.79. The molecule has 1 fully saturated rings. The molecule has 1 aromatic heterocycles. The Hall–Kier alpha value is -2.84. The molecule has 0 saturated heterocycles. The highest BCUT2D eigenvalue weighted by atomic mass is 19.4. The first kappa shape index (κ1) is 17.0. The van der Waals surface area contributed by atoms with E-state index in [2.05, 4.69) is 15.7 Å². The van der Waals surface area contributed by atoms with Crippen LogP contribution in [-0.2, 0) is 22.3 Å². The van der Waals surface area contributed by atoms with E-state index in [0.29, 0.717) is 11.4 Å². The third-order valence-electron chi connectivity index (χ3n) is 3.62. The number of anilines is 2. The van der Waals surface area contributed by atoms with E-state index in [1.54, 1.807) is 24.3 Å². The van der Waals surface area contributed by atoms with Gasteiger partial charge in [-0.25, -0.2) is 0 Å². The molecule has 0 spiro atoms. The number of hydrogen-bond acceptors (Lipinski definition) is 3. The molecule has 2 amide bonds. The van der Waals surface area contributed by atoms with Gasteiger partial charge in [-0.3, -0.25) is 14.3 Å². The van der Waals surface area contributed by atoms with Crippen molar-refractivity contribution < 1.29 is 22.8 Å². The zero-order chi connectivity index (χ0) is 18.0. The second kappa shape index (κ2) is 6.58. The summed E-state index contributed by atoms with van der Waals surface area (Å²) >= 11 is 0. The van der Waals surface area contributed by atoms with Gasteiger partial charge in [0, 0.05) is 23.5 Å². The lowest BCUT2D eigenvalue weighted by molar-refractivity contribution is -0.141. The fourth-order valence-electron chi connectivity index (χ4n) is 2.18. The van der Waals surface area contributed by atoms with Gasteiger partial charge in [0.1, 0.15) is 6.54 Å². The van der Waals surface area contributed by atoms with E-state index < -0.39 is 17.8 Å². The average Bonchev–Trinajstić information content (AvgIpc) is 3.28. The maximum atomic E-state index is 12.5. The van der Waals surface area contributed by atoms with Gasteiger partial charge in [0.05, 0.1) is 0 Å². The van der Waals surface area contributed by atoms with Gasteiger partial charge in [0.25, 0.3) is 0 Å². The van der Waals surface area contributed by atoms with Crippen molar-refractivity contribution in [2.45, 2.75) is 25.6 Å². The quantitative estimate of drug-likeness (QED) is 0.869. The Balaban J connectivity index is 1.53. The molecule has 0 atom stereocenters. The highest BCUT2D eigenvalue weighted by molar-refractivity contribution is 5.95. The molecule has 3 rings (SSSR count). The molecule has 1 aromatic carbocycles. The molecule has 0 bridgehead atoms. The summed E-state index contributed by atoms with van der Waals surface area (Å²) in [5.74, 6) is -0.433. The first-order valence-corrected chi connectivity index (χ1v) is 7.63. The van der Waals surface area contributed by atoms with Crippen LogP contribution in [0, 0.1) is 5.92 Å². The van der Waals surface area contributed by atoms with Crippen LogP contribution in [0.3, 0.4) is 0 Å². The summed E-state index contributed by atoms with van der Waals surface area (Å²) in [5.41, 5.74) is 0.0467. The van der Waals surface area contributed by atoms with Gasteiger partial charge in [-0.15, -0.1) is 0 Å². The lowest BCUT2D eigenvalue weighted by Crippen LogP contribution is -2.20. The van der Waals surface area contributed by atoms with Crippen molar-refractivity contribution in [3.05, 3.63) is 42.2 Å². The van der Waals surface area contributed by atoms with E-state index >= 15 is 0 Å². The number of benzene rings is 1. The molecule has 9 heteroatoms. The Kier molecular flexibility index (Phi) is 4.47. The molecule has 132 valence electrons. The molecule has 1 aliphatic carbocycles. The van der Waals surface area contributed by atoms with Gasteiger partial charge in [-0.1, -0.05) is 0 Å². The zero-order valence-corrected chi connectivity index (χ0v) is 13.0. The van der Waals surface area contributed by atoms with Crippen molar-refractivity contribution in [2.24, 2.45) is 5.92 Å². The Morgan fingerprint density at radius 3 is 2.20 bits per heavy atom. The first-order valence-electron chi connectivity index (χ1n) is 7.63. The second-order valence-electron chi connectivity index (χ2n) is 5.79. The summed E-state index contributed by atoms with van der Waals surface area (Å²) in [4.78, 5) is 23.5. The monoisotopic (exact) mass is 352 g/mol. The van der Waals surface area contributed by atoms with Crippen molar-refractivity contribution in [1.82, 2.24) is 9.78 Å². The third-order valence-corrected chi connectivity index (χ3v) is 3.62. The smallest absolute Gasteiger partial charge is 0.326 e. The standard InChI is InChI=1S/C16H15F3N4O2/c17-16(18,19)13-7-8-23(22-13)9-14(24)20-11-3-5-12(6-4-11)21-15(25)10-1-2-10/h3-8,10H,1-2,9H2,(H,20,24)(H,21,25). The van der Waals surface area contributed by atoms with Gasteiger partial charge in [-0.2, -0.15) is 18.3 Å². The molecule has 2 N–H and O–H groups in total. The zero-order valence-electron chi connectivity index (χ0n) is 13.0. The number of halogens is 3. The first-order chi connectivity index (χ1) is 11.8. The van der Waals surface area contributed by atoms with Gasteiger partial charge in [-0.05, 0) is 43.2 Å². The van der Waals surface area contributed by atoms with Crippen LogP contribution in [0.25, 0.3) is 0 Å². The Labute approximate surface area is 141 Å². The van der Waals surface area contributed by atoms with E-state index in [1.807, 2.05) is 0 Å². The van der Waals surface area contributed by atoms with Crippen LogP contribution in [0.2, 0.25) is 0 Å². The molecule has 1 saturated carbocycles. The van der Waals surface area contributed by atoms with Crippen molar-refractivity contribution >= 4 is 23.2 Å². The summed E-state index contributed by atoms with van der Waals surface area (Å²) in [6, 6.07) is 7.30. The average molecular weight is 352 g/mol. The lowest BCUT2D eigenvalue weighted by Gasteiger charge is -2.08. The topological polar surface area (TPSA) is 76.0 Å². The molecule has 0 aliphatic heterocycles. The molecule has 0 unspecified atom stereocenters. The number of rotatable bonds is 5. The fraction of sp³-hybridized carbons (Fsp3) is 0.312. The predicted octanol–water partition coefficient (Wildman–Crippen LogP) is 2.89. The summed E-state index contributed by atoms with van der Waals surface area (Å²) in [6.07, 6.45) is -1.63. The van der Waals surface area contributed by atoms with Gasteiger partial charge in [0.15, 0.2) is 5.69 Å². The van der Waals surface area contributed by atoms with E-state index in [0.717, 1.165) is 29.8 Å². The number of alkyl halides is 3. The minimum Gasteiger partial charge on any atom is -0.326 e. The molecule has 1 aliphatic rings. The number of hydrogen-bond donors (Lipinski definition) is 2. The van der Waals surface area contributed by atoms with Crippen LogP contribution < -0.4 is 10.6 Å². The van der Waals surface area contributed by atoms with Gasteiger partial charge in [0.2, 0.25) is 11.8 Å². The van der Waals surface area contributed by atoms with Crippen LogP contribution in [-0.4, -0.2) is 21.6 Å². The van der Waals surface area contributed by atoms with Crippen LogP contribution in [0.4, 0.5) is 24.5 Å². The van der Waals surface area contributed by atoms with E-state index in [1.165, 1.54) is 0 Å².